The van der Waals surface area contributed by atoms with Gasteiger partial charge in [-0.3, -0.25) is 4.79 Å². The van der Waals surface area contributed by atoms with E-state index in [4.69, 9.17) is 0 Å². The molecule has 1 atom stereocenters. The van der Waals surface area contributed by atoms with Crippen molar-refractivity contribution in [2.24, 2.45) is 0 Å². The van der Waals surface area contributed by atoms with E-state index in [0.29, 0.717) is 5.56 Å². The van der Waals surface area contributed by atoms with Crippen LogP contribution in [0.1, 0.15) is 18.4 Å². The van der Waals surface area contributed by atoms with Crippen molar-refractivity contribution in [3.63, 3.8) is 0 Å². The number of hydrogen-bond donors (Lipinski definition) is 2. The number of carbonyl (C=O) groups is 1. The van der Waals surface area contributed by atoms with Crippen LogP contribution in [0.25, 0.3) is 0 Å². The molecule has 0 aliphatic carbocycles. The highest BCUT2D eigenvalue weighted by Gasteiger charge is 2.39. The highest BCUT2D eigenvalue weighted by molar-refractivity contribution is 7.87. The molecule has 1 heterocycles. The van der Waals surface area contributed by atoms with E-state index in [1.165, 1.54) is 0 Å². The predicted molar refractivity (Wildman–Crippen MR) is 79.4 cm³/mol. The summed E-state index contributed by atoms with van der Waals surface area (Å²) in [5, 5.41) is 9.21. The van der Waals surface area contributed by atoms with E-state index in [2.05, 4.69) is 4.72 Å². The lowest BCUT2D eigenvalue weighted by Crippen LogP contribution is -2.52. The Bertz CT molecular complexity index is 642. The molecular formula is C14H18F2N2O4S. The Balaban J connectivity index is 2.05. The zero-order valence-electron chi connectivity index (χ0n) is 12.3. The first-order valence-corrected chi connectivity index (χ1v) is 8.56. The zero-order chi connectivity index (χ0) is 17.1. The molecule has 1 fully saturated rings. The van der Waals surface area contributed by atoms with E-state index in [9.17, 15) is 27.1 Å². The van der Waals surface area contributed by atoms with Crippen LogP contribution in [-0.4, -0.2) is 48.9 Å². The van der Waals surface area contributed by atoms with Gasteiger partial charge >= 0.3 is 5.97 Å². The Kier molecular flexibility index (Phi) is 5.33. The molecule has 128 valence electrons. The van der Waals surface area contributed by atoms with E-state index in [1.807, 2.05) is 0 Å². The first kappa shape index (κ1) is 17.8. The lowest BCUT2D eigenvalue weighted by atomic mass is 10.1. The summed E-state index contributed by atoms with van der Waals surface area (Å²) < 4.78 is 53.6. The molecular weight excluding hydrogens is 330 g/mol. The number of nitrogens with one attached hydrogen (secondary N) is 1. The van der Waals surface area contributed by atoms with Crippen LogP contribution < -0.4 is 4.72 Å². The van der Waals surface area contributed by atoms with E-state index in [0.717, 1.165) is 4.31 Å². The maximum Gasteiger partial charge on any atom is 0.322 e. The van der Waals surface area contributed by atoms with Crippen molar-refractivity contribution in [1.82, 2.24) is 9.03 Å². The number of alkyl halides is 2. The van der Waals surface area contributed by atoms with Crippen LogP contribution in [0.15, 0.2) is 30.3 Å². The molecule has 2 N–H and O–H groups in total. The number of nitrogens with zero attached hydrogens (tertiary/aromatic N) is 1. The van der Waals surface area contributed by atoms with Gasteiger partial charge in [0.2, 0.25) is 0 Å². The second-order valence-electron chi connectivity index (χ2n) is 5.46. The maximum absolute atomic E-state index is 13.1. The van der Waals surface area contributed by atoms with Crippen LogP contribution in [0.2, 0.25) is 0 Å². The molecule has 23 heavy (non-hydrogen) atoms. The van der Waals surface area contributed by atoms with Gasteiger partial charge in [0.15, 0.2) is 0 Å². The van der Waals surface area contributed by atoms with Crippen LogP contribution >= 0.6 is 0 Å². The number of benzene rings is 1. The third-order valence-corrected chi connectivity index (χ3v) is 5.29. The van der Waals surface area contributed by atoms with Crippen LogP contribution in [0, 0.1) is 0 Å². The molecule has 2 rings (SSSR count). The largest absolute Gasteiger partial charge is 0.480 e. The van der Waals surface area contributed by atoms with Gasteiger partial charge in [0, 0.05) is 25.9 Å². The molecule has 1 aromatic carbocycles. The van der Waals surface area contributed by atoms with Gasteiger partial charge in [0.1, 0.15) is 6.04 Å². The lowest BCUT2D eigenvalue weighted by Gasteiger charge is -2.31. The first-order chi connectivity index (χ1) is 10.7. The molecule has 6 nitrogen and oxygen atoms in total. The van der Waals surface area contributed by atoms with Crippen LogP contribution in [-0.2, 0) is 21.4 Å². The number of carboxylic acids is 1. The third-order valence-electron chi connectivity index (χ3n) is 3.67. The summed E-state index contributed by atoms with van der Waals surface area (Å²) in [7, 11) is -4.13. The number of piperidine rings is 1. The summed E-state index contributed by atoms with van der Waals surface area (Å²) >= 11 is 0. The van der Waals surface area contributed by atoms with Crippen LogP contribution in [0.5, 0.6) is 0 Å². The summed E-state index contributed by atoms with van der Waals surface area (Å²) in [5.41, 5.74) is 0.660. The van der Waals surface area contributed by atoms with Gasteiger partial charge in [0.25, 0.3) is 16.1 Å². The van der Waals surface area contributed by atoms with Crippen molar-refractivity contribution >= 4 is 16.2 Å². The molecule has 0 amide bonds. The zero-order valence-corrected chi connectivity index (χ0v) is 13.1. The van der Waals surface area contributed by atoms with E-state index in [1.54, 1.807) is 30.3 Å². The molecule has 1 aliphatic rings. The number of carboxylic acid groups (broad SMARTS) is 1. The Morgan fingerprint density at radius 3 is 2.35 bits per heavy atom. The molecule has 9 heteroatoms. The summed E-state index contributed by atoms with van der Waals surface area (Å²) in [6, 6.07) is 7.21. The van der Waals surface area contributed by atoms with E-state index < -0.39 is 41.0 Å². The summed E-state index contributed by atoms with van der Waals surface area (Å²) in [6.45, 7) is -0.667. The molecule has 0 unspecified atom stereocenters. The number of hydrogen-bond acceptors (Lipinski definition) is 3. The van der Waals surface area contributed by atoms with Crippen molar-refractivity contribution in [1.29, 1.82) is 0 Å². The van der Waals surface area contributed by atoms with E-state index >= 15 is 0 Å². The maximum atomic E-state index is 13.1. The predicted octanol–water partition coefficient (Wildman–Crippen LogP) is 1.25. The lowest BCUT2D eigenvalue weighted by molar-refractivity contribution is -0.139. The SMILES string of the molecule is O=C(O)[C@H](Cc1ccccc1)NS(=O)(=O)N1CCC(F)(F)CC1. The van der Waals surface area contributed by atoms with Crippen molar-refractivity contribution in [2.45, 2.75) is 31.2 Å². The Morgan fingerprint density at radius 2 is 1.83 bits per heavy atom. The Morgan fingerprint density at radius 1 is 1.26 bits per heavy atom. The van der Waals surface area contributed by atoms with Crippen molar-refractivity contribution in [2.75, 3.05) is 13.1 Å². The second-order valence-corrected chi connectivity index (χ2v) is 7.16. The third kappa shape index (κ3) is 4.95. The minimum Gasteiger partial charge on any atom is -0.480 e. The topological polar surface area (TPSA) is 86.7 Å². The van der Waals surface area contributed by atoms with Gasteiger partial charge in [0.05, 0.1) is 0 Å². The van der Waals surface area contributed by atoms with Gasteiger partial charge in [-0.15, -0.1) is 0 Å². The van der Waals surface area contributed by atoms with Crippen molar-refractivity contribution < 1.29 is 27.1 Å². The fourth-order valence-corrected chi connectivity index (χ4v) is 3.69. The standard InChI is InChI=1S/C14H18F2N2O4S/c15-14(16)6-8-18(9-7-14)23(21,22)17-12(13(19)20)10-11-4-2-1-3-5-11/h1-5,12,17H,6-10H2,(H,19,20)/t12-/m0/s1. The van der Waals surface area contributed by atoms with Crippen molar-refractivity contribution in [3.05, 3.63) is 35.9 Å². The summed E-state index contributed by atoms with van der Waals surface area (Å²) in [6.07, 6.45) is -1.16. The Hall–Kier alpha value is -1.58. The average Bonchev–Trinajstić information content (AvgIpc) is 2.47. The quantitative estimate of drug-likeness (QED) is 0.810. The second kappa shape index (κ2) is 6.90. The molecule has 0 bridgehead atoms. The van der Waals surface area contributed by atoms with Crippen LogP contribution in [0.4, 0.5) is 8.78 Å². The van der Waals surface area contributed by atoms with Gasteiger partial charge in [-0.2, -0.15) is 17.4 Å². The highest BCUT2D eigenvalue weighted by atomic mass is 32.2. The fourth-order valence-electron chi connectivity index (χ4n) is 2.34. The first-order valence-electron chi connectivity index (χ1n) is 7.12. The molecule has 0 spiro atoms. The molecule has 1 aromatic rings. The Labute approximate surface area is 133 Å². The minimum absolute atomic E-state index is 0.0284. The van der Waals surface area contributed by atoms with Gasteiger partial charge in [-0.25, -0.2) is 8.78 Å². The summed E-state index contributed by atoms with van der Waals surface area (Å²) in [5.74, 6) is -4.19. The summed E-state index contributed by atoms with van der Waals surface area (Å²) in [4.78, 5) is 11.3. The highest BCUT2D eigenvalue weighted by Crippen LogP contribution is 2.28. The minimum atomic E-state index is -4.13. The smallest absolute Gasteiger partial charge is 0.322 e. The van der Waals surface area contributed by atoms with Crippen LogP contribution in [0.3, 0.4) is 0 Å². The average molecular weight is 348 g/mol. The molecule has 1 saturated heterocycles. The van der Waals surface area contributed by atoms with Gasteiger partial charge in [-0.1, -0.05) is 30.3 Å². The monoisotopic (exact) mass is 348 g/mol. The fraction of sp³-hybridized carbons (Fsp3) is 0.500. The van der Waals surface area contributed by atoms with Gasteiger partial charge < -0.3 is 5.11 Å². The molecule has 0 saturated carbocycles. The molecule has 0 aromatic heterocycles. The number of aliphatic carboxylic acids is 1. The normalized spacial score (nSPS) is 20.1. The number of halogens is 2. The number of rotatable bonds is 6. The molecule has 1 aliphatic heterocycles. The van der Waals surface area contributed by atoms with Crippen molar-refractivity contribution in [3.8, 4) is 0 Å². The van der Waals surface area contributed by atoms with Gasteiger partial charge in [-0.05, 0) is 12.0 Å². The molecule has 0 radical (unpaired) electrons. The van der Waals surface area contributed by atoms with E-state index in [-0.39, 0.29) is 19.5 Å².